The second kappa shape index (κ2) is 5.52. The number of hydrogen-bond donors (Lipinski definition) is 0. The minimum absolute atomic E-state index is 0.272. The maximum atomic E-state index is 6.53. The molecular formula is C14H14Cl2OS. The van der Waals surface area contributed by atoms with Gasteiger partial charge in [0.25, 0.3) is 0 Å². The Balaban J connectivity index is 2.46. The van der Waals surface area contributed by atoms with Crippen LogP contribution in [0.5, 0.6) is 5.75 Å². The van der Waals surface area contributed by atoms with Gasteiger partial charge in [0.2, 0.25) is 0 Å². The molecule has 2 rings (SSSR count). The van der Waals surface area contributed by atoms with Crippen LogP contribution in [-0.4, -0.2) is 7.11 Å². The quantitative estimate of drug-likeness (QED) is 0.694. The van der Waals surface area contributed by atoms with Gasteiger partial charge < -0.3 is 4.74 Å². The van der Waals surface area contributed by atoms with E-state index in [1.54, 1.807) is 18.4 Å². The number of alkyl halides is 1. The molecular weight excluding hydrogens is 287 g/mol. The van der Waals surface area contributed by atoms with Crippen LogP contribution in [0.2, 0.25) is 5.02 Å². The molecule has 2 aromatic rings. The van der Waals surface area contributed by atoms with Crippen LogP contribution in [0.25, 0.3) is 0 Å². The van der Waals surface area contributed by atoms with Gasteiger partial charge in [-0.2, -0.15) is 0 Å². The Bertz CT molecular complexity index is 563. The van der Waals surface area contributed by atoms with Crippen LogP contribution in [0.3, 0.4) is 0 Å². The number of hydrogen-bond acceptors (Lipinski definition) is 2. The second-order valence-electron chi connectivity index (χ2n) is 4.17. The Morgan fingerprint density at radius 2 is 1.89 bits per heavy atom. The standard InChI is InChI=1S/C14H14Cl2OS/c1-8-6-10(11(15)7-9(8)2)13(16)14-12(17-3)4-5-18-14/h4-7,13H,1-3H3. The summed E-state index contributed by atoms with van der Waals surface area (Å²) in [7, 11) is 1.65. The predicted molar refractivity (Wildman–Crippen MR) is 79.5 cm³/mol. The molecule has 0 aliphatic rings. The Labute approximate surface area is 121 Å². The first-order valence-electron chi connectivity index (χ1n) is 5.56. The third kappa shape index (κ3) is 2.51. The lowest BCUT2D eigenvalue weighted by Gasteiger charge is -2.14. The van der Waals surface area contributed by atoms with E-state index in [2.05, 4.69) is 13.0 Å². The molecule has 1 heterocycles. The highest BCUT2D eigenvalue weighted by atomic mass is 35.5. The van der Waals surface area contributed by atoms with Crippen molar-refractivity contribution in [2.45, 2.75) is 19.2 Å². The molecule has 1 aromatic heterocycles. The van der Waals surface area contributed by atoms with Crippen molar-refractivity contribution in [2.24, 2.45) is 0 Å². The molecule has 0 radical (unpaired) electrons. The summed E-state index contributed by atoms with van der Waals surface area (Å²) in [6, 6.07) is 5.93. The summed E-state index contributed by atoms with van der Waals surface area (Å²) in [5, 5.41) is 2.40. The second-order valence-corrected chi connectivity index (χ2v) is 5.97. The van der Waals surface area contributed by atoms with Gasteiger partial charge in [0, 0.05) is 5.02 Å². The molecule has 0 bridgehead atoms. The third-order valence-electron chi connectivity index (χ3n) is 2.99. The third-order valence-corrected chi connectivity index (χ3v) is 4.87. The highest BCUT2D eigenvalue weighted by Gasteiger charge is 2.20. The van der Waals surface area contributed by atoms with Gasteiger partial charge in [0.05, 0.1) is 17.4 Å². The van der Waals surface area contributed by atoms with E-state index in [1.807, 2.05) is 24.4 Å². The van der Waals surface area contributed by atoms with Crippen molar-refractivity contribution in [3.05, 3.63) is 50.2 Å². The topological polar surface area (TPSA) is 9.23 Å². The maximum absolute atomic E-state index is 6.53. The molecule has 0 fully saturated rings. The van der Waals surface area contributed by atoms with Crippen LogP contribution < -0.4 is 4.74 Å². The molecule has 0 aliphatic carbocycles. The average molecular weight is 301 g/mol. The predicted octanol–water partition coefficient (Wildman–Crippen LogP) is 5.36. The fourth-order valence-corrected chi connectivity index (χ4v) is 3.48. The fraction of sp³-hybridized carbons (Fsp3) is 0.286. The lowest BCUT2D eigenvalue weighted by atomic mass is 10.0. The summed E-state index contributed by atoms with van der Waals surface area (Å²) >= 11 is 14.4. The van der Waals surface area contributed by atoms with Gasteiger partial charge in [-0.3, -0.25) is 0 Å². The van der Waals surface area contributed by atoms with Crippen LogP contribution in [0.4, 0.5) is 0 Å². The Kier molecular flexibility index (Phi) is 4.21. The highest BCUT2D eigenvalue weighted by molar-refractivity contribution is 7.10. The van der Waals surface area contributed by atoms with Crippen molar-refractivity contribution in [1.29, 1.82) is 0 Å². The number of methoxy groups -OCH3 is 1. The molecule has 1 nitrogen and oxygen atoms in total. The van der Waals surface area contributed by atoms with Crippen molar-refractivity contribution in [3.8, 4) is 5.75 Å². The molecule has 18 heavy (non-hydrogen) atoms. The molecule has 1 aromatic carbocycles. The molecule has 0 aliphatic heterocycles. The number of aryl methyl sites for hydroxylation is 2. The van der Waals surface area contributed by atoms with E-state index in [0.29, 0.717) is 5.02 Å². The van der Waals surface area contributed by atoms with Crippen molar-refractivity contribution in [2.75, 3.05) is 7.11 Å². The largest absolute Gasteiger partial charge is 0.496 e. The van der Waals surface area contributed by atoms with Gasteiger partial charge in [0.1, 0.15) is 5.75 Å². The first kappa shape index (κ1) is 13.7. The van der Waals surface area contributed by atoms with E-state index in [9.17, 15) is 0 Å². The molecule has 0 spiro atoms. The van der Waals surface area contributed by atoms with E-state index in [1.165, 1.54) is 11.1 Å². The first-order valence-corrected chi connectivity index (χ1v) is 7.26. The van der Waals surface area contributed by atoms with Gasteiger partial charge in [-0.05, 0) is 48.1 Å². The van der Waals surface area contributed by atoms with Gasteiger partial charge >= 0.3 is 0 Å². The normalized spacial score (nSPS) is 12.5. The van der Waals surface area contributed by atoms with Crippen LogP contribution >= 0.6 is 34.5 Å². The van der Waals surface area contributed by atoms with Gasteiger partial charge in [-0.1, -0.05) is 17.7 Å². The van der Waals surface area contributed by atoms with Crippen LogP contribution in [0, 0.1) is 13.8 Å². The molecule has 96 valence electrons. The minimum atomic E-state index is -0.272. The zero-order chi connectivity index (χ0) is 13.3. The lowest BCUT2D eigenvalue weighted by molar-refractivity contribution is 0.413. The summed E-state index contributed by atoms with van der Waals surface area (Å²) in [6.45, 7) is 4.10. The minimum Gasteiger partial charge on any atom is -0.496 e. The smallest absolute Gasteiger partial charge is 0.134 e. The maximum Gasteiger partial charge on any atom is 0.134 e. The Hall–Kier alpha value is -0.700. The van der Waals surface area contributed by atoms with E-state index < -0.39 is 0 Å². The number of benzene rings is 1. The molecule has 1 atom stereocenters. The van der Waals surface area contributed by atoms with E-state index in [0.717, 1.165) is 16.2 Å². The van der Waals surface area contributed by atoms with Gasteiger partial charge in [-0.15, -0.1) is 22.9 Å². The number of rotatable bonds is 3. The van der Waals surface area contributed by atoms with Crippen LogP contribution in [-0.2, 0) is 0 Å². The fourth-order valence-electron chi connectivity index (χ4n) is 1.80. The monoisotopic (exact) mass is 300 g/mol. The molecule has 0 amide bonds. The SMILES string of the molecule is COc1ccsc1C(Cl)c1cc(C)c(C)cc1Cl. The van der Waals surface area contributed by atoms with E-state index in [-0.39, 0.29) is 5.38 Å². The van der Waals surface area contributed by atoms with Gasteiger partial charge in [0.15, 0.2) is 0 Å². The molecule has 1 unspecified atom stereocenters. The summed E-state index contributed by atoms with van der Waals surface area (Å²) in [5.74, 6) is 0.814. The van der Waals surface area contributed by atoms with Crippen LogP contribution in [0.1, 0.15) is 26.9 Å². The lowest BCUT2D eigenvalue weighted by Crippen LogP contribution is -1.96. The summed E-state index contributed by atoms with van der Waals surface area (Å²) in [5.41, 5.74) is 3.29. The van der Waals surface area contributed by atoms with Crippen molar-refractivity contribution in [3.63, 3.8) is 0 Å². The van der Waals surface area contributed by atoms with Gasteiger partial charge in [-0.25, -0.2) is 0 Å². The molecule has 4 heteroatoms. The zero-order valence-corrected chi connectivity index (χ0v) is 12.8. The Morgan fingerprint density at radius 1 is 1.22 bits per heavy atom. The highest BCUT2D eigenvalue weighted by Crippen LogP contribution is 2.41. The summed E-state index contributed by atoms with van der Waals surface area (Å²) in [6.07, 6.45) is 0. The average Bonchev–Trinajstić information content (AvgIpc) is 2.81. The van der Waals surface area contributed by atoms with Crippen LogP contribution in [0.15, 0.2) is 23.6 Å². The van der Waals surface area contributed by atoms with Crippen molar-refractivity contribution < 1.29 is 4.74 Å². The zero-order valence-electron chi connectivity index (χ0n) is 10.5. The van der Waals surface area contributed by atoms with Crippen molar-refractivity contribution in [1.82, 2.24) is 0 Å². The Morgan fingerprint density at radius 3 is 2.56 bits per heavy atom. The summed E-state index contributed by atoms with van der Waals surface area (Å²) < 4.78 is 5.30. The van der Waals surface area contributed by atoms with E-state index >= 15 is 0 Å². The molecule has 0 saturated heterocycles. The number of ether oxygens (including phenoxy) is 1. The molecule has 0 N–H and O–H groups in total. The summed E-state index contributed by atoms with van der Waals surface area (Å²) in [4.78, 5) is 0.990. The number of halogens is 2. The molecule has 0 saturated carbocycles. The van der Waals surface area contributed by atoms with E-state index in [4.69, 9.17) is 27.9 Å². The first-order chi connectivity index (χ1) is 8.54. The van der Waals surface area contributed by atoms with Crippen molar-refractivity contribution >= 4 is 34.5 Å². The number of thiophene rings is 1.